The summed E-state index contributed by atoms with van der Waals surface area (Å²) in [5.41, 5.74) is 7.07. The van der Waals surface area contributed by atoms with Gasteiger partial charge in [-0.15, -0.1) is 0 Å². The van der Waals surface area contributed by atoms with Crippen molar-refractivity contribution in [1.82, 2.24) is 0 Å². The molecule has 3 heteroatoms. The van der Waals surface area contributed by atoms with Gasteiger partial charge in [0.15, 0.2) is 6.20 Å². The molecule has 0 spiro atoms. The fourth-order valence-electron chi connectivity index (χ4n) is 3.88. The molecule has 0 radical (unpaired) electrons. The number of fused-ring (bicyclic) bond motifs is 3. The van der Waals surface area contributed by atoms with Gasteiger partial charge in [-0.3, -0.25) is 0 Å². The lowest BCUT2D eigenvalue weighted by molar-refractivity contribution is -0.660. The van der Waals surface area contributed by atoms with Crippen molar-refractivity contribution in [2.24, 2.45) is 13.0 Å². The van der Waals surface area contributed by atoms with E-state index in [0.717, 1.165) is 28.4 Å². The van der Waals surface area contributed by atoms with Crippen LogP contribution in [0.1, 0.15) is 30.5 Å². The zero-order valence-corrected chi connectivity index (χ0v) is 16.2. The number of pyridine rings is 1. The van der Waals surface area contributed by atoms with Crippen molar-refractivity contribution in [2.75, 3.05) is 0 Å². The number of aryl methyl sites for hydroxylation is 2. The Morgan fingerprint density at radius 3 is 2.63 bits per heavy atom. The molecule has 0 N–H and O–H groups in total. The van der Waals surface area contributed by atoms with Gasteiger partial charge >= 0.3 is 0 Å². The van der Waals surface area contributed by atoms with E-state index in [1.165, 1.54) is 22.4 Å². The van der Waals surface area contributed by atoms with Crippen LogP contribution in [0.25, 0.3) is 33.2 Å². The minimum Gasteiger partial charge on any atom is -0.456 e. The monoisotopic (exact) mass is 355 g/mol. The fourth-order valence-corrected chi connectivity index (χ4v) is 3.88. The van der Waals surface area contributed by atoms with Crippen LogP contribution in [-0.2, 0) is 13.5 Å². The van der Waals surface area contributed by atoms with Crippen LogP contribution in [0.4, 0.5) is 0 Å². The summed E-state index contributed by atoms with van der Waals surface area (Å²) in [4.78, 5) is 0. The molecule has 0 aliphatic rings. The van der Waals surface area contributed by atoms with E-state index in [1.807, 2.05) is 18.2 Å². The molecule has 0 bridgehead atoms. The first kappa shape index (κ1) is 17.3. The molecule has 0 atom stereocenters. The first-order valence-electron chi connectivity index (χ1n) is 9.33. The zero-order chi connectivity index (χ0) is 19.1. The molecule has 3 nitrogen and oxygen atoms in total. The van der Waals surface area contributed by atoms with Crippen LogP contribution in [0.5, 0.6) is 0 Å². The third-order valence-electron chi connectivity index (χ3n) is 5.09. The summed E-state index contributed by atoms with van der Waals surface area (Å²) in [7, 11) is 2.07. The van der Waals surface area contributed by atoms with Crippen LogP contribution in [0, 0.1) is 24.2 Å². The number of rotatable bonds is 3. The molecular formula is C24H23N2O+. The molecule has 0 saturated heterocycles. The summed E-state index contributed by atoms with van der Waals surface area (Å²) in [5.74, 6) is 0.504. The summed E-state index contributed by atoms with van der Waals surface area (Å²) in [6.45, 7) is 6.52. The standard InChI is InChI=1S/C24H23N2O/c1-15(2)9-18-11-17(14-25)12-23-24(18)20-13-19(16(3)10-22(20)27-23)21-7-5-6-8-26(21)4/h5-8,10-13,15H,9H2,1-4H3/q+1. The zero-order valence-electron chi connectivity index (χ0n) is 16.2. The Morgan fingerprint density at radius 1 is 1.11 bits per heavy atom. The molecule has 0 amide bonds. The molecule has 27 heavy (non-hydrogen) atoms. The highest BCUT2D eigenvalue weighted by molar-refractivity contribution is 6.08. The molecule has 0 aliphatic carbocycles. The van der Waals surface area contributed by atoms with Crippen LogP contribution in [0.3, 0.4) is 0 Å². The minimum absolute atomic E-state index is 0.504. The topological polar surface area (TPSA) is 40.8 Å². The average molecular weight is 355 g/mol. The summed E-state index contributed by atoms with van der Waals surface area (Å²) in [6.07, 6.45) is 2.98. The lowest BCUT2D eigenvalue weighted by Gasteiger charge is -2.08. The number of nitrogens with zero attached hydrogens (tertiary/aromatic N) is 2. The second-order valence-electron chi connectivity index (χ2n) is 7.68. The van der Waals surface area contributed by atoms with E-state index < -0.39 is 0 Å². The Balaban J connectivity index is 2.06. The van der Waals surface area contributed by atoms with Gasteiger partial charge in [0.05, 0.1) is 11.6 Å². The maximum absolute atomic E-state index is 9.40. The molecule has 2 aromatic heterocycles. The van der Waals surface area contributed by atoms with E-state index in [4.69, 9.17) is 4.42 Å². The third-order valence-corrected chi connectivity index (χ3v) is 5.09. The van der Waals surface area contributed by atoms with Crippen LogP contribution >= 0.6 is 0 Å². The first-order chi connectivity index (χ1) is 13.0. The summed E-state index contributed by atoms with van der Waals surface area (Å²) in [6, 6.07) is 16.7. The quantitative estimate of drug-likeness (QED) is 0.458. The largest absolute Gasteiger partial charge is 0.456 e. The van der Waals surface area contributed by atoms with Crippen LogP contribution in [0.15, 0.2) is 53.1 Å². The Labute approximate surface area is 159 Å². The van der Waals surface area contributed by atoms with Crippen molar-refractivity contribution in [2.45, 2.75) is 27.2 Å². The number of aromatic nitrogens is 1. The maximum atomic E-state index is 9.40. The third kappa shape index (κ3) is 2.98. The maximum Gasteiger partial charge on any atom is 0.212 e. The second kappa shape index (κ2) is 6.55. The number of benzene rings is 2. The Hall–Kier alpha value is -3.12. The van der Waals surface area contributed by atoms with E-state index in [1.54, 1.807) is 0 Å². The highest BCUT2D eigenvalue weighted by Gasteiger charge is 2.18. The highest BCUT2D eigenvalue weighted by atomic mass is 16.3. The van der Waals surface area contributed by atoms with Crippen molar-refractivity contribution in [3.05, 3.63) is 65.4 Å². The number of nitriles is 1. The van der Waals surface area contributed by atoms with E-state index in [-0.39, 0.29) is 0 Å². The van der Waals surface area contributed by atoms with Crippen molar-refractivity contribution in [1.29, 1.82) is 5.26 Å². The highest BCUT2D eigenvalue weighted by Crippen LogP contribution is 2.37. The van der Waals surface area contributed by atoms with Crippen molar-refractivity contribution in [3.8, 4) is 17.3 Å². The van der Waals surface area contributed by atoms with Gasteiger partial charge in [0.1, 0.15) is 18.2 Å². The Morgan fingerprint density at radius 2 is 1.93 bits per heavy atom. The van der Waals surface area contributed by atoms with E-state index in [0.29, 0.717) is 11.5 Å². The molecular weight excluding hydrogens is 332 g/mol. The van der Waals surface area contributed by atoms with Gasteiger partial charge in [-0.1, -0.05) is 13.8 Å². The van der Waals surface area contributed by atoms with Gasteiger partial charge < -0.3 is 4.42 Å². The van der Waals surface area contributed by atoms with Gasteiger partial charge in [-0.05, 0) is 60.7 Å². The van der Waals surface area contributed by atoms with E-state index in [2.05, 4.69) is 68.9 Å². The molecule has 4 rings (SSSR count). The molecule has 2 aromatic carbocycles. The normalized spacial score (nSPS) is 11.4. The average Bonchev–Trinajstić information content (AvgIpc) is 2.98. The predicted octanol–water partition coefficient (Wildman–Crippen LogP) is 5.46. The number of hydrogen-bond donors (Lipinski definition) is 0. The molecule has 0 unspecified atom stereocenters. The van der Waals surface area contributed by atoms with Crippen LogP contribution in [-0.4, -0.2) is 0 Å². The van der Waals surface area contributed by atoms with Gasteiger partial charge in [0.2, 0.25) is 5.69 Å². The van der Waals surface area contributed by atoms with E-state index >= 15 is 0 Å². The van der Waals surface area contributed by atoms with Crippen molar-refractivity contribution >= 4 is 21.9 Å². The van der Waals surface area contributed by atoms with Crippen LogP contribution < -0.4 is 4.57 Å². The van der Waals surface area contributed by atoms with Gasteiger partial charge in [0.25, 0.3) is 0 Å². The minimum atomic E-state index is 0.504. The lowest BCUT2D eigenvalue weighted by Crippen LogP contribution is -2.30. The first-order valence-corrected chi connectivity index (χ1v) is 9.33. The summed E-state index contributed by atoms with van der Waals surface area (Å²) >= 11 is 0. The molecule has 0 aliphatic heterocycles. The second-order valence-corrected chi connectivity index (χ2v) is 7.68. The Kier molecular flexibility index (Phi) is 4.20. The smallest absolute Gasteiger partial charge is 0.212 e. The summed E-state index contributed by atoms with van der Waals surface area (Å²) < 4.78 is 8.30. The van der Waals surface area contributed by atoms with Crippen molar-refractivity contribution in [3.63, 3.8) is 0 Å². The van der Waals surface area contributed by atoms with Gasteiger partial charge in [-0.2, -0.15) is 5.26 Å². The molecule has 134 valence electrons. The lowest BCUT2D eigenvalue weighted by atomic mass is 9.94. The van der Waals surface area contributed by atoms with E-state index in [9.17, 15) is 5.26 Å². The predicted molar refractivity (Wildman–Crippen MR) is 108 cm³/mol. The van der Waals surface area contributed by atoms with Gasteiger partial charge in [-0.25, -0.2) is 4.57 Å². The fraction of sp³-hybridized carbons (Fsp3) is 0.250. The van der Waals surface area contributed by atoms with Crippen molar-refractivity contribution < 1.29 is 8.98 Å². The SMILES string of the molecule is Cc1cc2oc3cc(C#N)cc(CC(C)C)c3c2cc1-c1cccc[n+]1C. The Bertz CT molecular complexity index is 1210. The molecule has 4 aromatic rings. The van der Waals surface area contributed by atoms with Gasteiger partial charge in [0, 0.05) is 28.5 Å². The number of hydrogen-bond acceptors (Lipinski definition) is 2. The summed E-state index contributed by atoms with van der Waals surface area (Å²) in [5, 5.41) is 11.7. The van der Waals surface area contributed by atoms with Crippen LogP contribution in [0.2, 0.25) is 0 Å². The molecule has 0 saturated carbocycles. The number of furan rings is 1. The molecule has 0 fully saturated rings. The molecule has 2 heterocycles.